The second kappa shape index (κ2) is 11.4. The summed E-state index contributed by atoms with van der Waals surface area (Å²) in [6.45, 7) is 5.35. The molecule has 1 saturated heterocycles. The van der Waals surface area contributed by atoms with Crippen molar-refractivity contribution >= 4 is 30.2 Å². The Kier molecular flexibility index (Phi) is 8.81. The highest BCUT2D eigenvalue weighted by molar-refractivity contribution is 5.77. The van der Waals surface area contributed by atoms with Crippen LogP contribution in [-0.2, 0) is 57.1 Å². The Morgan fingerprint density at radius 3 is 2.05 bits per heavy atom. The number of ether oxygens (including phenoxy) is 7. The molecule has 212 valence electrons. The highest BCUT2D eigenvalue weighted by Crippen LogP contribution is 2.51. The van der Waals surface area contributed by atoms with Gasteiger partial charge in [-0.1, -0.05) is 0 Å². The maximum absolute atomic E-state index is 12.0. The van der Waals surface area contributed by atoms with Crippen LogP contribution in [0, 0.1) is 5.92 Å². The fraction of sp³-hybridized carbons (Fsp3) is 0.708. The molecule has 1 saturated carbocycles. The molecule has 14 nitrogen and oxygen atoms in total. The summed E-state index contributed by atoms with van der Waals surface area (Å²) >= 11 is 0. The van der Waals surface area contributed by atoms with E-state index in [2.05, 4.69) is 0 Å². The Bertz CT molecular complexity index is 989. The normalized spacial score (nSPS) is 38.1. The smallest absolute Gasteiger partial charge is 0.303 e. The van der Waals surface area contributed by atoms with Crippen molar-refractivity contribution in [2.45, 2.75) is 95.7 Å². The molecule has 0 amide bonds. The van der Waals surface area contributed by atoms with E-state index in [1.165, 1.54) is 6.92 Å². The van der Waals surface area contributed by atoms with Crippen LogP contribution in [0.25, 0.3) is 0 Å². The maximum atomic E-state index is 12.0. The van der Waals surface area contributed by atoms with Gasteiger partial charge in [0.2, 0.25) is 12.6 Å². The average molecular weight is 545 g/mol. The number of fused-ring (bicyclic) bond motifs is 1. The number of esters is 4. The highest BCUT2D eigenvalue weighted by Gasteiger charge is 2.63. The van der Waals surface area contributed by atoms with Gasteiger partial charge in [-0.2, -0.15) is 0 Å². The molecule has 0 aromatic heterocycles. The van der Waals surface area contributed by atoms with Gasteiger partial charge in [0.1, 0.15) is 18.3 Å². The van der Waals surface area contributed by atoms with Crippen molar-refractivity contribution in [2.24, 2.45) is 5.92 Å². The molecular formula is C24H32O14. The average Bonchev–Trinajstić information content (AvgIpc) is 3.05. The van der Waals surface area contributed by atoms with Crippen molar-refractivity contribution < 1.29 is 67.3 Å². The predicted octanol–water partition coefficient (Wildman–Crippen LogP) is -0.583. The van der Waals surface area contributed by atoms with E-state index >= 15 is 0 Å². The van der Waals surface area contributed by atoms with Crippen LogP contribution in [-0.4, -0.2) is 95.2 Å². The zero-order valence-corrected chi connectivity index (χ0v) is 21.6. The molecule has 2 N–H and O–H groups in total. The van der Waals surface area contributed by atoms with E-state index in [1.807, 2.05) is 0 Å². The van der Waals surface area contributed by atoms with Crippen LogP contribution in [0.5, 0.6) is 0 Å². The van der Waals surface area contributed by atoms with Crippen molar-refractivity contribution in [3.8, 4) is 0 Å². The van der Waals surface area contributed by atoms with Crippen LogP contribution >= 0.6 is 0 Å². The van der Waals surface area contributed by atoms with Gasteiger partial charge in [0.25, 0.3) is 0 Å². The number of aliphatic hydroxyl groups is 2. The molecule has 0 aromatic rings. The zero-order chi connectivity index (χ0) is 28.4. The molecule has 0 aromatic carbocycles. The van der Waals surface area contributed by atoms with Crippen molar-refractivity contribution in [3.05, 3.63) is 11.8 Å². The predicted molar refractivity (Wildman–Crippen MR) is 120 cm³/mol. The SMILES string of the molecule is CC(=O)OC[C@H]1O[C@@H](O[C@@H]2OC=C(C=O)[C@@]3(O)CC[C@](C)(O)[C@@H]23)[C@H](OC(C)=O)[C@@H](OC(C)=O)[C@@H]1OC(C)=O. The minimum absolute atomic E-state index is 0.0248. The molecule has 3 aliphatic rings. The summed E-state index contributed by atoms with van der Waals surface area (Å²) < 4.78 is 38.5. The lowest BCUT2D eigenvalue weighted by atomic mass is 9.78. The monoisotopic (exact) mass is 544 g/mol. The Hall–Kier alpha value is -3.07. The summed E-state index contributed by atoms with van der Waals surface area (Å²) in [5, 5.41) is 22.3. The van der Waals surface area contributed by atoms with Gasteiger partial charge in [-0.05, 0) is 19.8 Å². The topological polar surface area (TPSA) is 190 Å². The third kappa shape index (κ3) is 6.14. The van der Waals surface area contributed by atoms with Crippen molar-refractivity contribution in [1.82, 2.24) is 0 Å². The molecule has 0 unspecified atom stereocenters. The van der Waals surface area contributed by atoms with Crippen LogP contribution in [0.1, 0.15) is 47.5 Å². The van der Waals surface area contributed by atoms with Gasteiger partial charge in [0.05, 0.1) is 23.4 Å². The van der Waals surface area contributed by atoms with E-state index in [9.17, 15) is 34.2 Å². The first kappa shape index (κ1) is 29.5. The van der Waals surface area contributed by atoms with E-state index in [1.54, 1.807) is 0 Å². The number of carbonyl (C=O) groups excluding carboxylic acids is 5. The van der Waals surface area contributed by atoms with Crippen LogP contribution < -0.4 is 0 Å². The Labute approximate surface area is 218 Å². The first-order valence-corrected chi connectivity index (χ1v) is 11.9. The summed E-state index contributed by atoms with van der Waals surface area (Å²) in [5.41, 5.74) is -3.45. The van der Waals surface area contributed by atoms with E-state index in [4.69, 9.17) is 33.2 Å². The number of hydrogen-bond acceptors (Lipinski definition) is 14. The standard InChI is InChI=1S/C24H32O14/c1-11(26)32-10-16-17(34-12(2)27)18(35-13(3)28)19(36-14(4)29)21(37-16)38-22-20-23(5,30)6-7-24(20,31)15(8-25)9-33-22/h8-9,16-22,30-31H,6-7,10H2,1-5H3/t16-,17-,18+,19-,20-,21+,22+,23+,24+/m1/s1. The molecule has 0 spiro atoms. The fourth-order valence-corrected chi connectivity index (χ4v) is 5.10. The third-order valence-electron chi connectivity index (χ3n) is 6.64. The molecule has 0 radical (unpaired) electrons. The number of rotatable bonds is 8. The Balaban J connectivity index is 2.02. The van der Waals surface area contributed by atoms with Gasteiger partial charge in [-0.25, -0.2) is 0 Å². The van der Waals surface area contributed by atoms with E-state index in [-0.39, 0.29) is 18.4 Å². The van der Waals surface area contributed by atoms with Crippen LogP contribution in [0.2, 0.25) is 0 Å². The van der Waals surface area contributed by atoms with Gasteiger partial charge in [0.15, 0.2) is 24.6 Å². The van der Waals surface area contributed by atoms with Crippen molar-refractivity contribution in [2.75, 3.05) is 6.61 Å². The molecule has 2 heterocycles. The maximum Gasteiger partial charge on any atom is 0.303 e. The second-order valence-corrected chi connectivity index (χ2v) is 9.66. The largest absolute Gasteiger partial charge is 0.471 e. The summed E-state index contributed by atoms with van der Waals surface area (Å²) in [5.74, 6) is -4.32. The number of carbonyl (C=O) groups is 5. The van der Waals surface area contributed by atoms with Gasteiger partial charge >= 0.3 is 23.9 Å². The quantitative estimate of drug-likeness (QED) is 0.224. The second-order valence-electron chi connectivity index (χ2n) is 9.66. The molecule has 3 rings (SSSR count). The zero-order valence-electron chi connectivity index (χ0n) is 21.6. The molecule has 0 bridgehead atoms. The summed E-state index contributed by atoms with van der Waals surface area (Å²) in [4.78, 5) is 58.9. The van der Waals surface area contributed by atoms with E-state index in [0.29, 0.717) is 6.29 Å². The highest BCUT2D eigenvalue weighted by atomic mass is 16.8. The minimum Gasteiger partial charge on any atom is -0.471 e. The summed E-state index contributed by atoms with van der Waals surface area (Å²) in [7, 11) is 0. The first-order valence-electron chi connectivity index (χ1n) is 11.9. The van der Waals surface area contributed by atoms with Crippen LogP contribution in [0.3, 0.4) is 0 Å². The Morgan fingerprint density at radius 1 is 0.921 bits per heavy atom. The molecular weight excluding hydrogens is 512 g/mol. The van der Waals surface area contributed by atoms with Crippen molar-refractivity contribution in [3.63, 3.8) is 0 Å². The van der Waals surface area contributed by atoms with Gasteiger partial charge in [0, 0.05) is 27.7 Å². The molecule has 1 aliphatic carbocycles. The first-order chi connectivity index (χ1) is 17.7. The minimum atomic E-state index is -1.80. The number of aldehydes is 1. The summed E-state index contributed by atoms with van der Waals surface area (Å²) in [6, 6.07) is 0. The van der Waals surface area contributed by atoms with Crippen LogP contribution in [0.15, 0.2) is 11.8 Å². The van der Waals surface area contributed by atoms with Gasteiger partial charge in [-0.3, -0.25) is 24.0 Å². The molecule has 38 heavy (non-hydrogen) atoms. The summed E-state index contributed by atoms with van der Waals surface area (Å²) in [6.07, 6.45) is -7.18. The Morgan fingerprint density at radius 2 is 1.50 bits per heavy atom. The van der Waals surface area contributed by atoms with Crippen molar-refractivity contribution in [1.29, 1.82) is 0 Å². The van der Waals surface area contributed by atoms with E-state index in [0.717, 1.165) is 34.0 Å². The molecule has 14 heteroatoms. The fourth-order valence-electron chi connectivity index (χ4n) is 5.10. The molecule has 2 fully saturated rings. The third-order valence-corrected chi connectivity index (χ3v) is 6.64. The molecule has 9 atom stereocenters. The molecule has 2 aliphatic heterocycles. The number of hydrogen-bond donors (Lipinski definition) is 2. The lowest BCUT2D eigenvalue weighted by Crippen LogP contribution is -2.64. The lowest BCUT2D eigenvalue weighted by molar-refractivity contribution is -0.353. The van der Waals surface area contributed by atoms with Crippen LogP contribution in [0.4, 0.5) is 0 Å². The van der Waals surface area contributed by atoms with E-state index < -0.39 is 84.6 Å². The van der Waals surface area contributed by atoms with Gasteiger partial charge < -0.3 is 43.4 Å². The van der Waals surface area contributed by atoms with Gasteiger partial charge in [-0.15, -0.1) is 0 Å². The lowest BCUT2D eigenvalue weighted by Gasteiger charge is -2.47.